The molecule has 0 spiro atoms. The molecule has 110 valence electrons. The molecule has 1 aliphatic heterocycles. The van der Waals surface area contributed by atoms with E-state index in [1.54, 1.807) is 0 Å². The fraction of sp³-hybridized carbons (Fsp3) is 0.353. The van der Waals surface area contributed by atoms with Crippen LogP contribution in [0.4, 0.5) is 0 Å². The second-order valence-electron chi connectivity index (χ2n) is 5.50. The summed E-state index contributed by atoms with van der Waals surface area (Å²) in [6, 6.07) is 11.9. The Bertz CT molecular complexity index is 650. The zero-order valence-corrected chi connectivity index (χ0v) is 13.4. The van der Waals surface area contributed by atoms with Crippen molar-refractivity contribution in [2.45, 2.75) is 12.8 Å². The van der Waals surface area contributed by atoms with Crippen molar-refractivity contribution in [3.63, 3.8) is 0 Å². The predicted molar refractivity (Wildman–Crippen MR) is 87.5 cm³/mol. The highest BCUT2D eigenvalue weighted by Gasteiger charge is 2.15. The van der Waals surface area contributed by atoms with Crippen LogP contribution in [0.1, 0.15) is 23.2 Å². The summed E-state index contributed by atoms with van der Waals surface area (Å²) in [5, 5.41) is 5.22. The fourth-order valence-electron chi connectivity index (χ4n) is 2.67. The lowest BCUT2D eigenvalue weighted by Gasteiger charge is -2.22. The van der Waals surface area contributed by atoms with E-state index in [2.05, 4.69) is 27.3 Å². The number of rotatable bonds is 3. The Morgan fingerprint density at radius 3 is 2.86 bits per heavy atom. The van der Waals surface area contributed by atoms with Crippen molar-refractivity contribution in [1.82, 2.24) is 5.32 Å². The average Bonchev–Trinajstić information content (AvgIpc) is 2.53. The van der Waals surface area contributed by atoms with Crippen molar-refractivity contribution in [3.8, 4) is 0 Å². The van der Waals surface area contributed by atoms with E-state index in [4.69, 9.17) is 4.74 Å². The van der Waals surface area contributed by atoms with Gasteiger partial charge in [-0.2, -0.15) is 0 Å². The van der Waals surface area contributed by atoms with Crippen LogP contribution in [-0.4, -0.2) is 25.7 Å². The van der Waals surface area contributed by atoms with Gasteiger partial charge in [0.05, 0.1) is 6.61 Å². The maximum Gasteiger partial charge on any atom is 0.251 e. The number of benzene rings is 2. The topological polar surface area (TPSA) is 38.3 Å². The Morgan fingerprint density at radius 2 is 2.05 bits per heavy atom. The number of carbonyl (C=O) groups is 1. The van der Waals surface area contributed by atoms with Crippen molar-refractivity contribution < 1.29 is 9.53 Å². The minimum atomic E-state index is -0.00890. The van der Waals surface area contributed by atoms with Gasteiger partial charge >= 0.3 is 0 Å². The summed E-state index contributed by atoms with van der Waals surface area (Å²) < 4.78 is 6.48. The summed E-state index contributed by atoms with van der Waals surface area (Å²) in [6.07, 6.45) is 2.22. The number of nitrogens with one attached hydrogen (secondary N) is 1. The number of ether oxygens (including phenoxy) is 1. The molecule has 1 unspecified atom stereocenters. The largest absolute Gasteiger partial charge is 0.381 e. The molecule has 4 heteroatoms. The lowest BCUT2D eigenvalue weighted by molar-refractivity contribution is 0.0536. The molecule has 1 N–H and O–H groups in total. The van der Waals surface area contributed by atoms with Gasteiger partial charge in [0.2, 0.25) is 0 Å². The molecular weight excluding hydrogens is 330 g/mol. The van der Waals surface area contributed by atoms with Gasteiger partial charge in [-0.15, -0.1) is 0 Å². The molecule has 0 aromatic heterocycles. The Labute approximate surface area is 132 Å². The SMILES string of the molecule is O=C(NCC1CCCOC1)c1ccc2cc(Br)ccc2c1. The Kier molecular flexibility index (Phi) is 4.56. The molecule has 3 nitrogen and oxygen atoms in total. The van der Waals surface area contributed by atoms with E-state index in [0.29, 0.717) is 18.0 Å². The Balaban J connectivity index is 1.67. The molecule has 1 atom stereocenters. The Hall–Kier alpha value is -1.39. The van der Waals surface area contributed by atoms with Crippen LogP contribution in [0.25, 0.3) is 10.8 Å². The van der Waals surface area contributed by atoms with E-state index < -0.39 is 0 Å². The predicted octanol–water partition coefficient (Wildman–Crippen LogP) is 3.76. The summed E-state index contributed by atoms with van der Waals surface area (Å²) in [7, 11) is 0. The number of halogens is 1. The smallest absolute Gasteiger partial charge is 0.251 e. The molecule has 1 heterocycles. The van der Waals surface area contributed by atoms with Crippen LogP contribution in [0.5, 0.6) is 0 Å². The number of fused-ring (bicyclic) bond motifs is 1. The summed E-state index contributed by atoms with van der Waals surface area (Å²) in [6.45, 7) is 2.30. The third-order valence-corrected chi connectivity index (χ3v) is 4.36. The zero-order valence-electron chi connectivity index (χ0n) is 11.8. The molecule has 1 fully saturated rings. The van der Waals surface area contributed by atoms with Gasteiger partial charge in [0, 0.05) is 23.2 Å². The van der Waals surface area contributed by atoms with Crippen LogP contribution < -0.4 is 5.32 Å². The van der Waals surface area contributed by atoms with Gasteiger partial charge in [-0.05, 0) is 53.8 Å². The first kappa shape index (κ1) is 14.5. The number of amides is 1. The minimum absolute atomic E-state index is 0.00890. The maximum absolute atomic E-state index is 12.2. The molecule has 0 bridgehead atoms. The van der Waals surface area contributed by atoms with Crippen molar-refractivity contribution in [2.24, 2.45) is 5.92 Å². The third kappa shape index (κ3) is 3.63. The van der Waals surface area contributed by atoms with Crippen LogP contribution in [0.3, 0.4) is 0 Å². The van der Waals surface area contributed by atoms with E-state index in [9.17, 15) is 4.79 Å². The summed E-state index contributed by atoms with van der Waals surface area (Å²) in [5.74, 6) is 0.435. The highest BCUT2D eigenvalue weighted by atomic mass is 79.9. The van der Waals surface area contributed by atoms with E-state index in [-0.39, 0.29) is 5.91 Å². The second kappa shape index (κ2) is 6.58. The van der Waals surface area contributed by atoms with Gasteiger partial charge in [0.25, 0.3) is 5.91 Å². The molecule has 3 rings (SSSR count). The third-order valence-electron chi connectivity index (χ3n) is 3.87. The second-order valence-corrected chi connectivity index (χ2v) is 6.42. The molecule has 2 aromatic rings. The van der Waals surface area contributed by atoms with E-state index >= 15 is 0 Å². The molecule has 0 radical (unpaired) electrons. The van der Waals surface area contributed by atoms with Crippen LogP contribution in [-0.2, 0) is 4.74 Å². The molecule has 2 aromatic carbocycles. The van der Waals surface area contributed by atoms with Crippen LogP contribution in [0.15, 0.2) is 40.9 Å². The summed E-state index contributed by atoms with van der Waals surface area (Å²) in [4.78, 5) is 12.2. The van der Waals surface area contributed by atoms with E-state index in [0.717, 1.165) is 41.3 Å². The van der Waals surface area contributed by atoms with Crippen molar-refractivity contribution in [2.75, 3.05) is 19.8 Å². The van der Waals surface area contributed by atoms with Crippen LogP contribution in [0.2, 0.25) is 0 Å². The van der Waals surface area contributed by atoms with E-state index in [1.165, 1.54) is 0 Å². The quantitative estimate of drug-likeness (QED) is 0.917. The first-order valence-corrected chi connectivity index (χ1v) is 8.07. The van der Waals surface area contributed by atoms with Gasteiger partial charge in [-0.3, -0.25) is 4.79 Å². The van der Waals surface area contributed by atoms with E-state index in [1.807, 2.05) is 30.3 Å². The van der Waals surface area contributed by atoms with Crippen molar-refractivity contribution in [3.05, 3.63) is 46.4 Å². The summed E-state index contributed by atoms with van der Waals surface area (Å²) in [5.41, 5.74) is 0.710. The highest BCUT2D eigenvalue weighted by molar-refractivity contribution is 9.10. The van der Waals surface area contributed by atoms with Crippen molar-refractivity contribution in [1.29, 1.82) is 0 Å². The lowest BCUT2D eigenvalue weighted by Crippen LogP contribution is -2.33. The molecule has 1 amide bonds. The number of carbonyl (C=O) groups excluding carboxylic acids is 1. The normalized spacial score (nSPS) is 18.6. The average molecular weight is 348 g/mol. The van der Waals surface area contributed by atoms with Crippen LogP contribution >= 0.6 is 15.9 Å². The van der Waals surface area contributed by atoms with Gasteiger partial charge in [0.1, 0.15) is 0 Å². The van der Waals surface area contributed by atoms with Crippen molar-refractivity contribution >= 4 is 32.6 Å². The molecular formula is C17H18BrNO2. The molecule has 21 heavy (non-hydrogen) atoms. The van der Waals surface area contributed by atoms with Gasteiger partial charge < -0.3 is 10.1 Å². The first-order chi connectivity index (χ1) is 10.2. The molecule has 1 saturated heterocycles. The number of hydrogen-bond acceptors (Lipinski definition) is 2. The minimum Gasteiger partial charge on any atom is -0.381 e. The van der Waals surface area contributed by atoms with Gasteiger partial charge in [-0.25, -0.2) is 0 Å². The zero-order chi connectivity index (χ0) is 14.7. The molecule has 0 saturated carbocycles. The maximum atomic E-state index is 12.2. The first-order valence-electron chi connectivity index (χ1n) is 7.27. The standard InChI is InChI=1S/C17H18BrNO2/c18-16-6-5-13-8-15(4-3-14(13)9-16)17(20)19-10-12-2-1-7-21-11-12/h3-6,8-9,12H,1-2,7,10-11H2,(H,19,20). The van der Waals surface area contributed by atoms with Gasteiger partial charge in [-0.1, -0.05) is 28.1 Å². The highest BCUT2D eigenvalue weighted by Crippen LogP contribution is 2.21. The van der Waals surface area contributed by atoms with Crippen LogP contribution in [0, 0.1) is 5.92 Å². The number of hydrogen-bond donors (Lipinski definition) is 1. The fourth-order valence-corrected chi connectivity index (χ4v) is 3.04. The lowest BCUT2D eigenvalue weighted by atomic mass is 10.0. The monoisotopic (exact) mass is 347 g/mol. The van der Waals surface area contributed by atoms with Gasteiger partial charge in [0.15, 0.2) is 0 Å². The Morgan fingerprint density at radius 1 is 1.24 bits per heavy atom. The molecule has 0 aliphatic carbocycles. The summed E-state index contributed by atoms with van der Waals surface area (Å²) >= 11 is 3.46. The molecule has 1 aliphatic rings.